The molecule has 3 aliphatic heterocycles. The molecule has 38 heavy (non-hydrogen) atoms. The van der Waals surface area contributed by atoms with Crippen molar-refractivity contribution in [3.63, 3.8) is 0 Å². The van der Waals surface area contributed by atoms with Gasteiger partial charge in [-0.15, -0.1) is 6.58 Å². The molecule has 7 atom stereocenters. The Hall–Kier alpha value is -2.20. The van der Waals surface area contributed by atoms with Gasteiger partial charge in [-0.25, -0.2) is 0 Å². The number of benzene rings is 1. The van der Waals surface area contributed by atoms with Gasteiger partial charge < -0.3 is 24.4 Å². The Morgan fingerprint density at radius 2 is 2.05 bits per heavy atom. The second-order valence-corrected chi connectivity index (χ2v) is 12.1. The summed E-state index contributed by atoms with van der Waals surface area (Å²) in [4.78, 5) is 44.7. The highest BCUT2D eigenvalue weighted by molar-refractivity contribution is 9.09. The largest absolute Gasteiger partial charge is 0.461 e. The predicted octanol–water partition coefficient (Wildman–Crippen LogP) is 3.74. The Morgan fingerprint density at radius 1 is 1.34 bits per heavy atom. The molecule has 2 bridgehead atoms. The maximum atomic E-state index is 14.5. The number of anilines is 1. The van der Waals surface area contributed by atoms with E-state index in [0.29, 0.717) is 23.6 Å². The molecule has 3 aliphatic rings. The van der Waals surface area contributed by atoms with E-state index in [1.165, 1.54) is 15.9 Å². The van der Waals surface area contributed by atoms with Crippen molar-refractivity contribution < 1.29 is 29.0 Å². The molecule has 0 radical (unpaired) electrons. The smallest absolute Gasteiger partial charge is 0.312 e. The van der Waals surface area contributed by atoms with Crippen molar-refractivity contribution in [3.8, 4) is 0 Å². The van der Waals surface area contributed by atoms with Gasteiger partial charge in [-0.05, 0) is 30.9 Å². The highest BCUT2D eigenvalue weighted by Gasteiger charge is 2.77. The number of fused-ring (bicyclic) bond motifs is 1. The van der Waals surface area contributed by atoms with Crippen LogP contribution in [0.1, 0.15) is 26.7 Å². The Balaban J connectivity index is 1.85. The lowest BCUT2D eigenvalue weighted by atomic mass is 9.70. The number of aliphatic hydroxyl groups is 1. The van der Waals surface area contributed by atoms with Gasteiger partial charge in [0.15, 0.2) is 0 Å². The number of para-hydroxylation sites is 1. The lowest BCUT2D eigenvalue weighted by Crippen LogP contribution is -2.59. The van der Waals surface area contributed by atoms with Crippen LogP contribution in [-0.4, -0.2) is 76.2 Å². The maximum absolute atomic E-state index is 14.5. The summed E-state index contributed by atoms with van der Waals surface area (Å²) in [6.07, 6.45) is 3.23. The summed E-state index contributed by atoms with van der Waals surface area (Å²) in [5.74, 6) is -3.04. The zero-order valence-corrected chi connectivity index (χ0v) is 23.9. The molecule has 1 aromatic carbocycles. The van der Waals surface area contributed by atoms with Crippen molar-refractivity contribution in [2.45, 2.75) is 55.3 Å². The van der Waals surface area contributed by atoms with E-state index in [9.17, 15) is 19.5 Å². The fourth-order valence-corrected chi connectivity index (χ4v) is 7.50. The summed E-state index contributed by atoms with van der Waals surface area (Å²) >= 11 is 10.1. The molecule has 8 nitrogen and oxygen atoms in total. The van der Waals surface area contributed by atoms with Crippen LogP contribution >= 0.6 is 27.5 Å². The van der Waals surface area contributed by atoms with Gasteiger partial charge in [0, 0.05) is 11.4 Å². The quantitative estimate of drug-likeness (QED) is 0.233. The topological polar surface area (TPSA) is 96.4 Å². The number of hydrogen-bond acceptors (Lipinski definition) is 6. The number of ether oxygens (including phenoxy) is 2. The lowest BCUT2D eigenvalue weighted by Gasteiger charge is -2.40. The first-order valence-corrected chi connectivity index (χ1v) is 14.1. The number of hydrogen-bond donors (Lipinski definition) is 1. The number of carbonyl (C=O) groups is 3. The van der Waals surface area contributed by atoms with Crippen LogP contribution in [0.25, 0.3) is 0 Å². The standard InChI is InChI=1S/C28H34BrClN2O6/c1-5-11-31(20-10-8-7-9-19(20)30)26(35)24-28-14-18(29)23(38-28)21(27(36)37-12-6-2)22(28)25(34)32(24)17(15-33)13-16(3)4/h5-10,16-18,21-24,33H,1-2,11-15H2,3-4H3/t17-,18?,21+,22+,23+,24?,28?/m1/s1. The number of carbonyl (C=O) groups excluding carboxylic acids is 3. The summed E-state index contributed by atoms with van der Waals surface area (Å²) in [5, 5.41) is 10.8. The molecule has 3 fully saturated rings. The molecule has 1 aromatic rings. The first-order valence-electron chi connectivity index (χ1n) is 12.8. The van der Waals surface area contributed by atoms with Crippen molar-refractivity contribution in [2.24, 2.45) is 17.8 Å². The number of halogens is 2. The van der Waals surface area contributed by atoms with Gasteiger partial charge in [0.05, 0.1) is 41.3 Å². The van der Waals surface area contributed by atoms with E-state index in [4.69, 9.17) is 21.1 Å². The average molecular weight is 610 g/mol. The fourth-order valence-electron chi connectivity index (χ4n) is 6.32. The minimum Gasteiger partial charge on any atom is -0.461 e. The van der Waals surface area contributed by atoms with Crippen LogP contribution in [0.3, 0.4) is 0 Å². The second kappa shape index (κ2) is 11.5. The number of aliphatic hydroxyl groups excluding tert-OH is 1. The molecule has 1 N–H and O–H groups in total. The number of likely N-dealkylation sites (tertiary alicyclic amines) is 1. The number of amides is 2. The fraction of sp³-hybridized carbons (Fsp3) is 0.536. The summed E-state index contributed by atoms with van der Waals surface area (Å²) in [6, 6.07) is 5.23. The summed E-state index contributed by atoms with van der Waals surface area (Å²) in [7, 11) is 0. The van der Waals surface area contributed by atoms with Crippen molar-refractivity contribution in [3.05, 3.63) is 54.6 Å². The van der Waals surface area contributed by atoms with E-state index in [0.717, 1.165) is 0 Å². The van der Waals surface area contributed by atoms with Crippen LogP contribution in [0.15, 0.2) is 49.6 Å². The minimum absolute atomic E-state index is 0.00121. The number of nitrogens with zero attached hydrogens (tertiary/aromatic N) is 2. The van der Waals surface area contributed by atoms with Crippen molar-refractivity contribution in [1.82, 2.24) is 4.90 Å². The molecule has 3 unspecified atom stereocenters. The monoisotopic (exact) mass is 608 g/mol. The molecule has 1 spiro atoms. The van der Waals surface area contributed by atoms with Gasteiger partial charge in [-0.2, -0.15) is 0 Å². The molecule has 0 saturated carbocycles. The van der Waals surface area contributed by atoms with Crippen LogP contribution in [-0.2, 0) is 23.9 Å². The summed E-state index contributed by atoms with van der Waals surface area (Å²) in [5.41, 5.74) is -0.809. The normalized spacial score (nSPS) is 30.3. The summed E-state index contributed by atoms with van der Waals surface area (Å²) < 4.78 is 11.9. The van der Waals surface area contributed by atoms with Crippen LogP contribution < -0.4 is 4.90 Å². The molecule has 0 aliphatic carbocycles. The zero-order chi connectivity index (χ0) is 27.8. The van der Waals surface area contributed by atoms with Gasteiger partial charge >= 0.3 is 5.97 Å². The Morgan fingerprint density at radius 3 is 2.66 bits per heavy atom. The van der Waals surface area contributed by atoms with E-state index >= 15 is 0 Å². The number of rotatable bonds is 11. The molecule has 2 amide bonds. The van der Waals surface area contributed by atoms with Gasteiger partial charge in [-0.3, -0.25) is 14.4 Å². The Labute approximate surface area is 236 Å². The van der Waals surface area contributed by atoms with Crippen molar-refractivity contribution in [2.75, 3.05) is 24.7 Å². The van der Waals surface area contributed by atoms with Crippen LogP contribution in [0.2, 0.25) is 5.02 Å². The van der Waals surface area contributed by atoms with E-state index in [2.05, 4.69) is 29.1 Å². The molecule has 3 heterocycles. The molecule has 0 aromatic heterocycles. The zero-order valence-electron chi connectivity index (χ0n) is 21.6. The molecular formula is C28H34BrClN2O6. The van der Waals surface area contributed by atoms with E-state index in [1.54, 1.807) is 30.3 Å². The van der Waals surface area contributed by atoms with Crippen LogP contribution in [0, 0.1) is 17.8 Å². The minimum atomic E-state index is -1.28. The maximum Gasteiger partial charge on any atom is 0.312 e. The van der Waals surface area contributed by atoms with Crippen molar-refractivity contribution in [1.29, 1.82) is 0 Å². The Bertz CT molecular complexity index is 1110. The highest BCUT2D eigenvalue weighted by Crippen LogP contribution is 2.61. The van der Waals surface area contributed by atoms with E-state index in [1.807, 2.05) is 13.8 Å². The van der Waals surface area contributed by atoms with Gasteiger partial charge in [-0.1, -0.05) is 72.2 Å². The van der Waals surface area contributed by atoms with E-state index < -0.39 is 47.5 Å². The van der Waals surface area contributed by atoms with Gasteiger partial charge in [0.1, 0.15) is 18.2 Å². The van der Waals surface area contributed by atoms with Gasteiger partial charge in [0.2, 0.25) is 5.91 Å². The molecular weight excluding hydrogens is 576 g/mol. The van der Waals surface area contributed by atoms with Crippen LogP contribution in [0.4, 0.5) is 5.69 Å². The average Bonchev–Trinajstić information content (AvgIpc) is 3.47. The third-order valence-electron chi connectivity index (χ3n) is 7.65. The first-order chi connectivity index (χ1) is 18.1. The first kappa shape index (κ1) is 28.8. The molecule has 3 saturated heterocycles. The third kappa shape index (κ3) is 4.72. The predicted molar refractivity (Wildman–Crippen MR) is 148 cm³/mol. The number of esters is 1. The Kier molecular flexibility index (Phi) is 8.71. The van der Waals surface area contributed by atoms with Crippen molar-refractivity contribution >= 4 is 51.0 Å². The molecule has 10 heteroatoms. The lowest BCUT2D eigenvalue weighted by molar-refractivity contribution is -0.154. The third-order valence-corrected chi connectivity index (χ3v) is 8.81. The highest BCUT2D eigenvalue weighted by atomic mass is 79.9. The summed E-state index contributed by atoms with van der Waals surface area (Å²) in [6.45, 7) is 11.2. The SMILES string of the molecule is C=CCOC(=O)[C@H]1[C@H]2C(=O)N([C@@H](CO)CC(C)C)C(C(=O)N(CC=C)c3ccccc3Cl)C23CC(Br)[C@@H]1O3. The van der Waals surface area contributed by atoms with Crippen LogP contribution in [0.5, 0.6) is 0 Å². The van der Waals surface area contributed by atoms with Gasteiger partial charge in [0.25, 0.3) is 5.91 Å². The molecule has 206 valence electrons. The van der Waals surface area contributed by atoms with E-state index in [-0.39, 0.29) is 36.4 Å². The second-order valence-electron chi connectivity index (χ2n) is 10.5. The molecule has 4 rings (SSSR count). The number of alkyl halides is 1.